The second-order valence-electron chi connectivity index (χ2n) is 6.07. The molecule has 7 heteroatoms. The molecule has 27 heavy (non-hydrogen) atoms. The first-order valence-corrected chi connectivity index (χ1v) is 11.3. The van der Waals surface area contributed by atoms with Gasteiger partial charge in [-0.3, -0.25) is 9.59 Å². The number of thiazole rings is 2. The van der Waals surface area contributed by atoms with Crippen LogP contribution >= 0.6 is 34.4 Å². The first-order valence-electron chi connectivity index (χ1n) is 8.47. The molecule has 0 spiro atoms. The third-order valence-corrected chi connectivity index (χ3v) is 7.02. The van der Waals surface area contributed by atoms with Crippen molar-refractivity contribution in [1.29, 1.82) is 0 Å². The second-order valence-corrected chi connectivity index (χ2v) is 9.29. The van der Waals surface area contributed by atoms with Crippen molar-refractivity contribution in [2.75, 3.05) is 11.5 Å². The fraction of sp³-hybridized carbons (Fsp3) is 0.200. The summed E-state index contributed by atoms with van der Waals surface area (Å²) in [5.41, 5.74) is 1.87. The van der Waals surface area contributed by atoms with Gasteiger partial charge in [0, 0.05) is 0 Å². The van der Waals surface area contributed by atoms with E-state index in [4.69, 9.17) is 0 Å². The molecule has 136 valence electrons. The van der Waals surface area contributed by atoms with Crippen molar-refractivity contribution in [2.24, 2.45) is 0 Å². The minimum atomic E-state index is 0.104. The standard InChI is InChI=1S/C20H16N2O2S3/c23-13(9-19-21-15-5-1-3-7-17(15)26-19)11-25-12-14(24)10-20-22-16-6-2-4-8-18(16)27-20/h1-8H,9-12H2. The molecule has 4 rings (SSSR count). The van der Waals surface area contributed by atoms with Crippen LogP contribution in [-0.4, -0.2) is 33.0 Å². The van der Waals surface area contributed by atoms with E-state index in [1.54, 1.807) is 22.7 Å². The molecule has 0 saturated carbocycles. The highest BCUT2D eigenvalue weighted by molar-refractivity contribution is 8.00. The lowest BCUT2D eigenvalue weighted by molar-refractivity contribution is -0.116. The van der Waals surface area contributed by atoms with Gasteiger partial charge in [0.25, 0.3) is 0 Å². The number of thioether (sulfide) groups is 1. The molecule has 0 fully saturated rings. The summed E-state index contributed by atoms with van der Waals surface area (Å²) in [4.78, 5) is 33.3. The Labute approximate surface area is 168 Å². The maximum absolute atomic E-state index is 12.2. The van der Waals surface area contributed by atoms with Crippen LogP contribution in [0.3, 0.4) is 0 Å². The van der Waals surface area contributed by atoms with E-state index in [0.29, 0.717) is 24.3 Å². The average molecular weight is 413 g/mol. The van der Waals surface area contributed by atoms with Gasteiger partial charge in [-0.15, -0.1) is 34.4 Å². The molecule has 2 aromatic heterocycles. The summed E-state index contributed by atoms with van der Waals surface area (Å²) in [7, 11) is 0. The lowest BCUT2D eigenvalue weighted by Crippen LogP contribution is -2.10. The Balaban J connectivity index is 1.24. The SMILES string of the molecule is O=C(CSCC(=O)Cc1nc2ccccc2s1)Cc1nc2ccccc2s1. The van der Waals surface area contributed by atoms with Gasteiger partial charge < -0.3 is 0 Å². The zero-order chi connectivity index (χ0) is 18.6. The van der Waals surface area contributed by atoms with E-state index >= 15 is 0 Å². The second kappa shape index (κ2) is 8.29. The van der Waals surface area contributed by atoms with Crippen LogP contribution in [0, 0.1) is 0 Å². The van der Waals surface area contributed by atoms with Crippen LogP contribution in [0.15, 0.2) is 48.5 Å². The van der Waals surface area contributed by atoms with Crippen LogP contribution < -0.4 is 0 Å². The van der Waals surface area contributed by atoms with Crippen molar-refractivity contribution in [1.82, 2.24) is 9.97 Å². The molecule has 4 aromatic rings. The maximum Gasteiger partial charge on any atom is 0.149 e. The normalized spacial score (nSPS) is 11.3. The third-order valence-electron chi connectivity index (χ3n) is 3.90. The van der Waals surface area contributed by atoms with E-state index in [0.717, 1.165) is 30.4 Å². The number of benzene rings is 2. The molecule has 0 unspecified atom stereocenters. The van der Waals surface area contributed by atoms with Crippen molar-refractivity contribution in [3.63, 3.8) is 0 Å². The molecule has 0 amide bonds. The van der Waals surface area contributed by atoms with Crippen molar-refractivity contribution in [2.45, 2.75) is 12.8 Å². The van der Waals surface area contributed by atoms with Gasteiger partial charge in [-0.2, -0.15) is 0 Å². The van der Waals surface area contributed by atoms with E-state index in [1.165, 1.54) is 11.8 Å². The Morgan fingerprint density at radius 1 is 0.741 bits per heavy atom. The quantitative estimate of drug-likeness (QED) is 0.424. The van der Waals surface area contributed by atoms with Crippen molar-refractivity contribution in [3.8, 4) is 0 Å². The summed E-state index contributed by atoms with van der Waals surface area (Å²) in [6.07, 6.45) is 0.664. The van der Waals surface area contributed by atoms with E-state index in [-0.39, 0.29) is 11.6 Å². The largest absolute Gasteiger partial charge is 0.298 e. The lowest BCUT2D eigenvalue weighted by Gasteiger charge is -1.99. The first kappa shape index (κ1) is 18.3. The fourth-order valence-electron chi connectivity index (χ4n) is 2.71. The Morgan fingerprint density at radius 3 is 1.63 bits per heavy atom. The van der Waals surface area contributed by atoms with Gasteiger partial charge in [-0.05, 0) is 24.3 Å². The number of rotatable bonds is 8. The van der Waals surface area contributed by atoms with Gasteiger partial charge >= 0.3 is 0 Å². The summed E-state index contributed by atoms with van der Waals surface area (Å²) in [6.45, 7) is 0. The summed E-state index contributed by atoms with van der Waals surface area (Å²) in [6, 6.07) is 15.8. The Hall–Kier alpha value is -2.09. The highest BCUT2D eigenvalue weighted by Gasteiger charge is 2.12. The highest BCUT2D eigenvalue weighted by atomic mass is 32.2. The van der Waals surface area contributed by atoms with Crippen LogP contribution in [-0.2, 0) is 22.4 Å². The van der Waals surface area contributed by atoms with Crippen LogP contribution in [0.4, 0.5) is 0 Å². The number of carbonyl (C=O) groups excluding carboxylic acids is 2. The summed E-state index contributed by atoms with van der Waals surface area (Å²) >= 11 is 4.48. The summed E-state index contributed by atoms with van der Waals surface area (Å²) < 4.78 is 2.19. The van der Waals surface area contributed by atoms with Gasteiger partial charge in [0.15, 0.2) is 0 Å². The predicted molar refractivity (Wildman–Crippen MR) is 114 cm³/mol. The number of aromatic nitrogens is 2. The zero-order valence-corrected chi connectivity index (χ0v) is 16.8. The number of carbonyl (C=O) groups is 2. The molecule has 0 radical (unpaired) electrons. The summed E-state index contributed by atoms with van der Waals surface area (Å²) in [5, 5.41) is 1.67. The zero-order valence-electron chi connectivity index (χ0n) is 14.4. The molecule has 0 aliphatic carbocycles. The minimum absolute atomic E-state index is 0.104. The molecule has 0 aliphatic heterocycles. The van der Waals surface area contributed by atoms with E-state index in [9.17, 15) is 9.59 Å². The van der Waals surface area contributed by atoms with Crippen LogP contribution in [0.1, 0.15) is 10.0 Å². The third kappa shape index (κ3) is 4.61. The lowest BCUT2D eigenvalue weighted by atomic mass is 10.3. The molecule has 0 bridgehead atoms. The Kier molecular flexibility index (Phi) is 5.61. The predicted octanol–water partition coefficient (Wildman–Crippen LogP) is 4.56. The van der Waals surface area contributed by atoms with Crippen LogP contribution in [0.25, 0.3) is 20.4 Å². The molecule has 2 aromatic carbocycles. The number of para-hydroxylation sites is 2. The molecule has 0 atom stereocenters. The van der Waals surface area contributed by atoms with Gasteiger partial charge in [-0.1, -0.05) is 24.3 Å². The van der Waals surface area contributed by atoms with Crippen LogP contribution in [0.5, 0.6) is 0 Å². The maximum atomic E-state index is 12.2. The Bertz CT molecular complexity index is 963. The Morgan fingerprint density at radius 2 is 1.19 bits per heavy atom. The van der Waals surface area contributed by atoms with Gasteiger partial charge in [0.1, 0.15) is 21.6 Å². The number of Topliss-reactive ketones (excluding diaryl/α,β-unsaturated/α-hetero) is 2. The minimum Gasteiger partial charge on any atom is -0.298 e. The number of ketones is 2. The molecule has 4 nitrogen and oxygen atoms in total. The van der Waals surface area contributed by atoms with Gasteiger partial charge in [0.2, 0.25) is 0 Å². The van der Waals surface area contributed by atoms with E-state index in [2.05, 4.69) is 9.97 Å². The monoisotopic (exact) mass is 412 g/mol. The smallest absolute Gasteiger partial charge is 0.149 e. The number of hydrogen-bond acceptors (Lipinski definition) is 7. The first-order chi connectivity index (χ1) is 13.2. The topological polar surface area (TPSA) is 59.9 Å². The van der Waals surface area contributed by atoms with E-state index < -0.39 is 0 Å². The number of hydrogen-bond donors (Lipinski definition) is 0. The van der Waals surface area contributed by atoms with E-state index in [1.807, 2.05) is 48.5 Å². The van der Waals surface area contributed by atoms with Crippen LogP contribution in [0.2, 0.25) is 0 Å². The molecule has 2 heterocycles. The van der Waals surface area contributed by atoms with Crippen molar-refractivity contribution < 1.29 is 9.59 Å². The molecular weight excluding hydrogens is 396 g/mol. The molecular formula is C20H16N2O2S3. The highest BCUT2D eigenvalue weighted by Crippen LogP contribution is 2.23. The molecule has 0 aliphatic rings. The molecule has 0 N–H and O–H groups in total. The van der Waals surface area contributed by atoms with Gasteiger partial charge in [0.05, 0.1) is 44.8 Å². The molecule has 0 saturated heterocycles. The summed E-state index contributed by atoms with van der Waals surface area (Å²) in [5.74, 6) is 0.877. The van der Waals surface area contributed by atoms with Crippen molar-refractivity contribution >= 4 is 66.4 Å². The fourth-order valence-corrected chi connectivity index (χ4v) is 5.46. The average Bonchev–Trinajstić information content (AvgIpc) is 3.23. The van der Waals surface area contributed by atoms with Gasteiger partial charge in [-0.25, -0.2) is 9.97 Å². The van der Waals surface area contributed by atoms with Crippen molar-refractivity contribution in [3.05, 3.63) is 58.5 Å². The number of nitrogens with zero attached hydrogens (tertiary/aromatic N) is 2. The number of fused-ring (bicyclic) bond motifs is 2.